The minimum absolute atomic E-state index is 0.214. The Morgan fingerprint density at radius 2 is 1.58 bits per heavy atom. The number of thiol groups is 1. The molecule has 0 aromatic carbocycles. The Morgan fingerprint density at radius 3 is 1.90 bits per heavy atom. The molecule has 0 unspecified atom stereocenters. The highest BCUT2D eigenvalue weighted by molar-refractivity contribution is 7.89. The van der Waals surface area contributed by atoms with E-state index in [1.165, 1.54) is 59.4 Å². The van der Waals surface area contributed by atoms with Crippen LogP contribution < -0.4 is 5.73 Å². The van der Waals surface area contributed by atoms with Crippen molar-refractivity contribution >= 4 is 34.6 Å². The van der Waals surface area contributed by atoms with Gasteiger partial charge in [0.15, 0.2) is 0 Å². The molecule has 4 fully saturated rings. The van der Waals surface area contributed by atoms with Crippen LogP contribution in [-0.4, -0.2) is 66.0 Å². The summed E-state index contributed by atoms with van der Waals surface area (Å²) in [6.45, 7) is 4.08. The minimum atomic E-state index is -3.60. The molecule has 4 bridgehead atoms. The zero-order valence-electron chi connectivity index (χ0n) is 19.0. The molecule has 0 saturated heterocycles. The van der Waals surface area contributed by atoms with E-state index in [1.807, 2.05) is 0 Å². The van der Waals surface area contributed by atoms with Crippen molar-refractivity contribution in [3.63, 3.8) is 0 Å². The van der Waals surface area contributed by atoms with Crippen molar-refractivity contribution in [2.75, 3.05) is 19.3 Å². The molecular weight excluding hydrogens is 440 g/mol. The Labute approximate surface area is 191 Å². The van der Waals surface area contributed by atoms with Crippen LogP contribution in [0, 0.1) is 23.7 Å². The third-order valence-electron chi connectivity index (χ3n) is 6.75. The number of aliphatic carboxylic acids is 1. The van der Waals surface area contributed by atoms with Crippen molar-refractivity contribution in [3.8, 4) is 0 Å². The second-order valence-corrected chi connectivity index (χ2v) is 13.0. The van der Waals surface area contributed by atoms with Crippen LogP contribution >= 0.6 is 12.6 Å². The smallest absolute Gasteiger partial charge is 0.346 e. The standard InChI is InChI=1S/C11H21NO6S2.C10H17N/c1-7(2)20(16,17)12(4)5-9(10(13)14)18-11(15)8(3)6-19;11-10-4-7-1-8(5-10)3-9(2-7)6-10/h7-9,19H,5-6H2,1-4H3,(H,13,14);7-9H,1-6,11H2/t8-,9+;/m1./s1. The number of sulfonamides is 1. The van der Waals surface area contributed by atoms with Crippen LogP contribution in [0.1, 0.15) is 59.3 Å². The third kappa shape index (κ3) is 6.82. The molecule has 0 radical (unpaired) electrons. The van der Waals surface area contributed by atoms with E-state index < -0.39 is 45.8 Å². The molecule has 3 N–H and O–H groups in total. The van der Waals surface area contributed by atoms with Crippen LogP contribution in [0.2, 0.25) is 0 Å². The highest BCUT2D eigenvalue weighted by Gasteiger charge is 2.48. The van der Waals surface area contributed by atoms with E-state index in [4.69, 9.17) is 15.6 Å². The summed E-state index contributed by atoms with van der Waals surface area (Å²) in [5.41, 5.74) is 6.62. The molecule has 8 nitrogen and oxygen atoms in total. The summed E-state index contributed by atoms with van der Waals surface area (Å²) >= 11 is 3.92. The Kier molecular flexibility index (Phi) is 8.86. The number of nitrogens with zero attached hydrogens (tertiary/aromatic N) is 1. The van der Waals surface area contributed by atoms with Gasteiger partial charge in [0, 0.05) is 18.3 Å². The Balaban J connectivity index is 0.000000254. The molecule has 4 aliphatic carbocycles. The quantitative estimate of drug-likeness (QED) is 0.360. The fourth-order valence-corrected chi connectivity index (χ4v) is 6.58. The molecule has 4 aliphatic rings. The summed E-state index contributed by atoms with van der Waals surface area (Å²) in [6, 6.07) is 0. The topological polar surface area (TPSA) is 127 Å². The lowest BCUT2D eigenvalue weighted by Gasteiger charge is -2.55. The maximum Gasteiger partial charge on any atom is 0.346 e. The number of carbonyl (C=O) groups excluding carboxylic acids is 1. The first-order valence-electron chi connectivity index (χ1n) is 11.1. The van der Waals surface area contributed by atoms with Crippen LogP contribution in [0.4, 0.5) is 0 Å². The van der Waals surface area contributed by atoms with Crippen molar-refractivity contribution < 1.29 is 27.9 Å². The number of carboxylic acids is 1. The largest absolute Gasteiger partial charge is 0.478 e. The number of esters is 1. The van der Waals surface area contributed by atoms with Gasteiger partial charge in [0.25, 0.3) is 0 Å². The third-order valence-corrected chi connectivity index (χ3v) is 9.51. The van der Waals surface area contributed by atoms with Gasteiger partial charge < -0.3 is 15.6 Å². The number of carboxylic acid groups (broad SMARTS) is 1. The summed E-state index contributed by atoms with van der Waals surface area (Å²) < 4.78 is 29.4. The van der Waals surface area contributed by atoms with E-state index in [2.05, 4.69) is 12.6 Å². The number of hydrogen-bond acceptors (Lipinski definition) is 7. The van der Waals surface area contributed by atoms with Crippen molar-refractivity contribution in [2.24, 2.45) is 29.4 Å². The van der Waals surface area contributed by atoms with Gasteiger partial charge in [-0.3, -0.25) is 4.79 Å². The van der Waals surface area contributed by atoms with Crippen LogP contribution in [0.15, 0.2) is 0 Å². The second-order valence-electron chi connectivity index (χ2n) is 10.0. The van der Waals surface area contributed by atoms with Crippen molar-refractivity contribution in [2.45, 2.75) is 76.2 Å². The van der Waals surface area contributed by atoms with Gasteiger partial charge >= 0.3 is 11.9 Å². The van der Waals surface area contributed by atoms with Crippen LogP contribution in [0.3, 0.4) is 0 Å². The molecule has 0 aliphatic heterocycles. The van der Waals surface area contributed by atoms with Gasteiger partial charge in [-0.2, -0.15) is 12.6 Å². The lowest BCUT2D eigenvalue weighted by molar-refractivity contribution is -0.166. The maximum atomic E-state index is 11.8. The van der Waals surface area contributed by atoms with Crippen molar-refractivity contribution in [1.29, 1.82) is 0 Å². The summed E-state index contributed by atoms with van der Waals surface area (Å²) in [5, 5.41) is 8.33. The first-order chi connectivity index (χ1) is 14.3. The van der Waals surface area contributed by atoms with Crippen molar-refractivity contribution in [3.05, 3.63) is 0 Å². The SMILES string of the molecule is CC(C)S(=O)(=O)N(C)C[C@H](OC(=O)[C@H](C)CS)C(=O)O.NC12CC3CC(CC(C3)C1)C2. The number of likely N-dealkylation sites (N-methyl/N-ethyl adjacent to an activating group) is 1. The molecule has 0 aromatic rings. The van der Waals surface area contributed by atoms with E-state index in [1.54, 1.807) is 6.92 Å². The Hall–Kier alpha value is -0.840. The van der Waals surface area contributed by atoms with Crippen LogP contribution in [-0.2, 0) is 24.3 Å². The normalized spacial score (nSPS) is 31.2. The molecule has 180 valence electrons. The Morgan fingerprint density at radius 1 is 1.13 bits per heavy atom. The maximum absolute atomic E-state index is 11.8. The highest BCUT2D eigenvalue weighted by Crippen LogP contribution is 2.54. The summed E-state index contributed by atoms with van der Waals surface area (Å²) in [4.78, 5) is 22.6. The van der Waals surface area contributed by atoms with Gasteiger partial charge in [-0.05, 0) is 70.1 Å². The average Bonchev–Trinajstić information content (AvgIpc) is 2.64. The molecule has 0 amide bonds. The molecule has 0 heterocycles. The molecule has 4 rings (SSSR count). The van der Waals surface area contributed by atoms with Crippen LogP contribution in [0.5, 0.6) is 0 Å². The van der Waals surface area contributed by atoms with E-state index in [-0.39, 0.29) is 5.75 Å². The minimum Gasteiger partial charge on any atom is -0.478 e. The number of nitrogens with two attached hydrogens (primary N) is 1. The monoisotopic (exact) mass is 478 g/mol. The lowest BCUT2D eigenvalue weighted by atomic mass is 9.53. The lowest BCUT2D eigenvalue weighted by Crippen LogP contribution is -2.55. The average molecular weight is 479 g/mol. The highest BCUT2D eigenvalue weighted by atomic mass is 32.2. The van der Waals surface area contributed by atoms with Gasteiger partial charge in [-0.15, -0.1) is 0 Å². The van der Waals surface area contributed by atoms with Gasteiger partial charge in [0.2, 0.25) is 16.1 Å². The number of ether oxygens (including phenoxy) is 1. The molecule has 4 saturated carbocycles. The number of carbonyl (C=O) groups is 2. The summed E-state index contributed by atoms with van der Waals surface area (Å²) in [7, 11) is -2.35. The number of hydrogen-bond donors (Lipinski definition) is 3. The van der Waals surface area contributed by atoms with Gasteiger partial charge in [-0.25, -0.2) is 17.5 Å². The molecule has 2 atom stereocenters. The molecule has 0 aromatic heterocycles. The van der Waals surface area contributed by atoms with Gasteiger partial charge in [0.05, 0.1) is 17.7 Å². The van der Waals surface area contributed by atoms with E-state index in [0.29, 0.717) is 5.54 Å². The molecule has 0 spiro atoms. The number of rotatable bonds is 8. The molecular formula is C21H38N2O6S2. The first-order valence-corrected chi connectivity index (χ1v) is 13.2. The van der Waals surface area contributed by atoms with Gasteiger partial charge in [-0.1, -0.05) is 6.92 Å². The predicted molar refractivity (Wildman–Crippen MR) is 122 cm³/mol. The van der Waals surface area contributed by atoms with Crippen LogP contribution in [0.25, 0.3) is 0 Å². The summed E-state index contributed by atoms with van der Waals surface area (Å²) in [6.07, 6.45) is 7.03. The van der Waals surface area contributed by atoms with E-state index in [9.17, 15) is 18.0 Å². The predicted octanol–water partition coefficient (Wildman–Crippen LogP) is 2.13. The summed E-state index contributed by atoms with van der Waals surface area (Å²) in [5.74, 6) is 0.597. The van der Waals surface area contributed by atoms with Crippen molar-refractivity contribution in [1.82, 2.24) is 4.31 Å². The molecule has 31 heavy (non-hydrogen) atoms. The zero-order chi connectivity index (χ0) is 23.6. The fraction of sp³-hybridized carbons (Fsp3) is 0.905. The Bertz CT molecular complexity index is 720. The first kappa shape index (κ1) is 26.4. The van der Waals surface area contributed by atoms with Gasteiger partial charge in [0.1, 0.15) is 0 Å². The fourth-order valence-electron chi connectivity index (χ4n) is 5.37. The van der Waals surface area contributed by atoms with E-state index >= 15 is 0 Å². The zero-order valence-corrected chi connectivity index (χ0v) is 20.7. The van der Waals surface area contributed by atoms with E-state index in [0.717, 1.165) is 22.1 Å². The second kappa shape index (κ2) is 10.4. The molecule has 10 heteroatoms.